The summed E-state index contributed by atoms with van der Waals surface area (Å²) >= 11 is 20.1. The molecule has 0 N–H and O–H groups in total. The molecule has 7 heavy (non-hydrogen) atoms. The normalized spacial score (nSPS) is 23.1. The van der Waals surface area contributed by atoms with Gasteiger partial charge in [-0.05, 0) is 0 Å². The van der Waals surface area contributed by atoms with Gasteiger partial charge in [-0.15, -0.1) is 0 Å². The number of rotatable bonds is 0. The second kappa shape index (κ2) is 2.09. The van der Waals surface area contributed by atoms with Crippen LogP contribution in [-0.4, -0.2) is 2.19 Å². The van der Waals surface area contributed by atoms with Gasteiger partial charge in [-0.25, -0.2) is 0 Å². The van der Waals surface area contributed by atoms with Gasteiger partial charge in [0.25, 0.3) is 0 Å². The van der Waals surface area contributed by atoms with Gasteiger partial charge in [-0.1, -0.05) is 0 Å². The number of hydrogen-bond acceptors (Lipinski definition) is 0. The quantitative estimate of drug-likeness (QED) is 0.351. The first kappa shape index (κ1) is 10.7. The topological polar surface area (TPSA) is 0 Å². The molecule has 0 saturated heterocycles. The van der Waals surface area contributed by atoms with Gasteiger partial charge in [0.05, 0.1) is 0 Å². The zero-order valence-electron chi connectivity index (χ0n) is 2.68. The molecule has 0 saturated carbocycles. The Morgan fingerprint density at radius 1 is 0.571 bits per heavy atom. The summed E-state index contributed by atoms with van der Waals surface area (Å²) in [6.45, 7) is 0. The van der Waals surface area contributed by atoms with Crippen LogP contribution in [0.15, 0.2) is 0 Å². The molecule has 0 radical (unpaired) electrons. The molecule has 0 unspecified atom stereocenters. The van der Waals surface area contributed by atoms with Gasteiger partial charge in [0.15, 0.2) is 0 Å². The molecule has 0 nitrogen and oxygen atoms in total. The minimum atomic E-state index is -3.31. The summed E-state index contributed by atoms with van der Waals surface area (Å²) < 4.78 is -3.31. The molecule has 0 atom stereocenters. The first-order valence-corrected chi connectivity index (χ1v) is 32.3. The van der Waals surface area contributed by atoms with Crippen molar-refractivity contribution in [3.05, 3.63) is 0 Å². The Labute approximate surface area is 76.5 Å². The van der Waals surface area contributed by atoms with E-state index in [1.165, 1.54) is 0 Å². The standard InChI is InChI=1S/Br6Te/c1-7(2,3,4,5)6. The van der Waals surface area contributed by atoms with E-state index in [4.69, 9.17) is 0 Å². The fourth-order valence-corrected chi connectivity index (χ4v) is 0. The summed E-state index contributed by atoms with van der Waals surface area (Å²) in [7, 11) is 0. The molecular weight excluding hydrogens is 607 g/mol. The number of hydrogen-bond donors (Lipinski definition) is 0. The van der Waals surface area contributed by atoms with Crippen LogP contribution < -0.4 is 0 Å². The molecule has 0 heterocycles. The second-order valence-electron chi connectivity index (χ2n) is 0.875. The fourth-order valence-electron chi connectivity index (χ4n) is 0. The van der Waals surface area contributed by atoms with Crippen LogP contribution in [0, 0.1) is 0 Å². The molecule has 0 aromatic carbocycles. The Kier molecular flexibility index (Phi) is 3.18. The Bertz CT molecular complexity index is 62.7. The average Bonchev–Trinajstić information content (AvgIpc) is 0.592. The van der Waals surface area contributed by atoms with Crippen molar-refractivity contribution in [2.75, 3.05) is 0 Å². The molecule has 0 aliphatic rings. The van der Waals surface area contributed by atoms with Crippen LogP contribution >= 0.6 is 76.5 Å². The van der Waals surface area contributed by atoms with Crippen molar-refractivity contribution in [3.63, 3.8) is 0 Å². The molecule has 0 aromatic heterocycles. The third kappa shape index (κ3) is 42.2. The molecule has 0 amide bonds. The summed E-state index contributed by atoms with van der Waals surface area (Å²) in [5.74, 6) is 0. The van der Waals surface area contributed by atoms with Crippen LogP contribution in [0.25, 0.3) is 0 Å². The third-order valence-electron chi connectivity index (χ3n) is 0. The van der Waals surface area contributed by atoms with Gasteiger partial charge in [0.1, 0.15) is 0 Å². The van der Waals surface area contributed by atoms with E-state index in [1.807, 2.05) is 0 Å². The van der Waals surface area contributed by atoms with Crippen LogP contribution in [0.2, 0.25) is 0 Å². The fraction of sp³-hybridized carbons (Fsp3) is 0. The van der Waals surface area contributed by atoms with Gasteiger partial charge in [0.2, 0.25) is 0 Å². The second-order valence-corrected chi connectivity index (χ2v) is 158. The van der Waals surface area contributed by atoms with Gasteiger partial charge < -0.3 is 0 Å². The Hall–Kier alpha value is 3.67. The SMILES string of the molecule is Br[Te](Br)(Br)(Br)(Br)Br. The van der Waals surface area contributed by atoms with E-state index in [9.17, 15) is 0 Å². The van der Waals surface area contributed by atoms with Crippen LogP contribution in [0.1, 0.15) is 0 Å². The van der Waals surface area contributed by atoms with Crippen molar-refractivity contribution in [2.24, 2.45) is 0 Å². The molecule has 7 heteroatoms. The summed E-state index contributed by atoms with van der Waals surface area (Å²) in [6.07, 6.45) is 0. The van der Waals surface area contributed by atoms with E-state index in [1.54, 1.807) is 0 Å². The minimum absolute atomic E-state index is 3.31. The van der Waals surface area contributed by atoms with Crippen LogP contribution in [0.3, 0.4) is 0 Å². The Morgan fingerprint density at radius 2 is 0.571 bits per heavy atom. The summed E-state index contributed by atoms with van der Waals surface area (Å²) in [5, 5.41) is 0. The summed E-state index contributed by atoms with van der Waals surface area (Å²) in [4.78, 5) is 0. The van der Waals surface area contributed by atoms with Gasteiger partial charge in [0, 0.05) is 0 Å². The van der Waals surface area contributed by atoms with Crippen molar-refractivity contribution in [3.8, 4) is 0 Å². The number of halogens is 6. The summed E-state index contributed by atoms with van der Waals surface area (Å²) in [5.41, 5.74) is 0. The van der Waals surface area contributed by atoms with Crippen molar-refractivity contribution in [2.45, 2.75) is 0 Å². The molecule has 0 aliphatic carbocycles. The van der Waals surface area contributed by atoms with Crippen LogP contribution in [-0.2, 0) is 0 Å². The Balaban J connectivity index is 4.43. The van der Waals surface area contributed by atoms with E-state index in [0.717, 1.165) is 0 Å². The van der Waals surface area contributed by atoms with E-state index in [2.05, 4.69) is 76.5 Å². The molecule has 48 valence electrons. The van der Waals surface area contributed by atoms with Gasteiger partial charge in [-0.2, -0.15) is 0 Å². The maximum absolute atomic E-state index is 3.36. The molecule has 0 fully saturated rings. The first-order valence-electron chi connectivity index (χ1n) is 0.926. The van der Waals surface area contributed by atoms with Crippen LogP contribution in [0.5, 0.6) is 0 Å². The van der Waals surface area contributed by atoms with Crippen molar-refractivity contribution >= 4 is 78.7 Å². The first-order chi connectivity index (χ1) is 2.45. The van der Waals surface area contributed by atoms with E-state index < -0.39 is 2.19 Å². The maximum atomic E-state index is 3.36. The molecule has 0 bridgehead atoms. The molecule has 0 aliphatic heterocycles. The average molecular weight is 607 g/mol. The van der Waals surface area contributed by atoms with Crippen molar-refractivity contribution < 1.29 is 0 Å². The van der Waals surface area contributed by atoms with E-state index >= 15 is 0 Å². The zero-order valence-corrected chi connectivity index (χ0v) is 14.5. The third-order valence-corrected chi connectivity index (χ3v) is 0. The van der Waals surface area contributed by atoms with E-state index in [-0.39, 0.29) is 0 Å². The summed E-state index contributed by atoms with van der Waals surface area (Å²) in [6, 6.07) is 0. The van der Waals surface area contributed by atoms with E-state index in [0.29, 0.717) is 0 Å². The predicted octanol–water partition coefficient (Wildman–Crippen LogP) is 4.69. The molecule has 0 aromatic rings. The monoisotopic (exact) mass is 603 g/mol. The van der Waals surface area contributed by atoms with Crippen LogP contribution in [0.4, 0.5) is 0 Å². The van der Waals surface area contributed by atoms with Crippen molar-refractivity contribution in [1.29, 1.82) is 0 Å². The predicted molar refractivity (Wildman–Crippen MR) is 59.3 cm³/mol. The van der Waals surface area contributed by atoms with Crippen molar-refractivity contribution in [1.82, 2.24) is 0 Å². The molecular formula is Br6Te. The van der Waals surface area contributed by atoms with Gasteiger partial charge >= 0.3 is 78.7 Å². The Morgan fingerprint density at radius 3 is 0.571 bits per heavy atom. The van der Waals surface area contributed by atoms with Gasteiger partial charge in [-0.3, -0.25) is 0 Å². The molecule has 0 spiro atoms. The molecule has 0 rings (SSSR count). The zero-order chi connectivity index (χ0) is 6.41.